The molecule has 1 fully saturated rings. The van der Waals surface area contributed by atoms with Crippen LogP contribution in [0.3, 0.4) is 0 Å². The van der Waals surface area contributed by atoms with E-state index in [1.807, 2.05) is 11.8 Å². The fourth-order valence-corrected chi connectivity index (χ4v) is 2.73. The Balaban J connectivity index is 2.19. The number of pyridine rings is 1. The van der Waals surface area contributed by atoms with Gasteiger partial charge < -0.3 is 9.64 Å². The van der Waals surface area contributed by atoms with E-state index in [1.165, 1.54) is 6.20 Å². The Morgan fingerprint density at radius 3 is 3.00 bits per heavy atom. The molecule has 1 saturated heterocycles. The van der Waals surface area contributed by atoms with Crippen molar-refractivity contribution >= 4 is 39.9 Å². The molecule has 1 aliphatic heterocycles. The van der Waals surface area contributed by atoms with Gasteiger partial charge in [-0.25, -0.2) is 14.4 Å². The molecule has 0 aromatic carbocycles. The second kappa shape index (κ2) is 5.87. The molecule has 0 bridgehead atoms. The van der Waals surface area contributed by atoms with Crippen LogP contribution in [-0.2, 0) is 4.74 Å². The second-order valence-corrected chi connectivity index (χ2v) is 5.61. The molecule has 0 N–H and O–H groups in total. The van der Waals surface area contributed by atoms with Crippen molar-refractivity contribution in [1.29, 1.82) is 0 Å². The van der Waals surface area contributed by atoms with Crippen molar-refractivity contribution in [3.63, 3.8) is 0 Å². The SMILES string of the molecule is CC1COCCCN1c1nc(Cl)nc2c(F)c(Cl)ncc12. The maximum Gasteiger partial charge on any atom is 0.225 e. The first-order valence-corrected chi connectivity index (χ1v) is 7.35. The monoisotopic (exact) mass is 330 g/mol. The van der Waals surface area contributed by atoms with Gasteiger partial charge in [-0.15, -0.1) is 0 Å². The van der Waals surface area contributed by atoms with E-state index in [0.717, 1.165) is 13.0 Å². The lowest BCUT2D eigenvalue weighted by Crippen LogP contribution is -2.36. The smallest absolute Gasteiger partial charge is 0.225 e. The molecule has 0 radical (unpaired) electrons. The first kappa shape index (κ1) is 14.7. The predicted molar refractivity (Wildman–Crippen MR) is 79.6 cm³/mol. The molecule has 5 nitrogen and oxygen atoms in total. The Hall–Kier alpha value is -1.24. The molecule has 1 unspecified atom stereocenters. The molecule has 1 aliphatic rings. The van der Waals surface area contributed by atoms with Gasteiger partial charge in [0.1, 0.15) is 11.3 Å². The molecule has 1 atom stereocenters. The number of rotatable bonds is 1. The number of fused-ring (bicyclic) bond motifs is 1. The summed E-state index contributed by atoms with van der Waals surface area (Å²) in [6.45, 7) is 4.03. The van der Waals surface area contributed by atoms with Gasteiger partial charge in [-0.05, 0) is 24.9 Å². The third-order valence-electron chi connectivity index (χ3n) is 3.45. The summed E-state index contributed by atoms with van der Waals surface area (Å²) in [6, 6.07) is 0.0976. The Kier molecular flexibility index (Phi) is 4.10. The third kappa shape index (κ3) is 2.75. The molecule has 0 aliphatic carbocycles. The molecule has 112 valence electrons. The minimum absolute atomic E-state index is 0.0176. The maximum absolute atomic E-state index is 14.1. The zero-order valence-corrected chi connectivity index (χ0v) is 12.8. The number of hydrogen-bond acceptors (Lipinski definition) is 5. The molecule has 8 heteroatoms. The Bertz CT molecular complexity index is 685. The van der Waals surface area contributed by atoms with E-state index in [1.54, 1.807) is 0 Å². The van der Waals surface area contributed by atoms with Crippen LogP contribution in [0.2, 0.25) is 10.4 Å². The molecular weight excluding hydrogens is 318 g/mol. The standard InChI is InChI=1S/C13H13Cl2FN4O/c1-7-6-21-4-2-3-20(7)12-8-5-17-11(14)9(16)10(8)18-13(15)19-12/h5,7H,2-4,6H2,1H3. The average molecular weight is 331 g/mol. The largest absolute Gasteiger partial charge is 0.379 e. The summed E-state index contributed by atoms with van der Waals surface area (Å²) in [6.07, 6.45) is 2.34. The highest BCUT2D eigenvalue weighted by molar-refractivity contribution is 6.30. The molecule has 3 heterocycles. The highest BCUT2D eigenvalue weighted by Crippen LogP contribution is 2.30. The van der Waals surface area contributed by atoms with E-state index in [-0.39, 0.29) is 22.0 Å². The average Bonchev–Trinajstić information content (AvgIpc) is 2.67. The van der Waals surface area contributed by atoms with E-state index in [0.29, 0.717) is 24.4 Å². The first-order valence-electron chi connectivity index (χ1n) is 6.59. The molecule has 2 aromatic heterocycles. The quantitative estimate of drug-likeness (QED) is 0.594. The lowest BCUT2D eigenvalue weighted by molar-refractivity contribution is 0.137. The Labute approximate surface area is 131 Å². The van der Waals surface area contributed by atoms with Crippen LogP contribution in [0.1, 0.15) is 13.3 Å². The summed E-state index contributed by atoms with van der Waals surface area (Å²) >= 11 is 11.7. The summed E-state index contributed by atoms with van der Waals surface area (Å²) in [7, 11) is 0. The van der Waals surface area contributed by atoms with Gasteiger partial charge in [0.2, 0.25) is 5.28 Å². The first-order chi connectivity index (χ1) is 10.1. The zero-order chi connectivity index (χ0) is 15.0. The van der Waals surface area contributed by atoms with Crippen LogP contribution in [0.4, 0.5) is 10.2 Å². The van der Waals surface area contributed by atoms with Crippen molar-refractivity contribution in [3.8, 4) is 0 Å². The van der Waals surface area contributed by atoms with Gasteiger partial charge in [0.25, 0.3) is 0 Å². The predicted octanol–water partition coefficient (Wildman–Crippen LogP) is 3.09. The topological polar surface area (TPSA) is 51.1 Å². The van der Waals surface area contributed by atoms with Gasteiger partial charge in [0.15, 0.2) is 11.0 Å². The number of ether oxygens (including phenoxy) is 1. The van der Waals surface area contributed by atoms with Crippen molar-refractivity contribution in [2.24, 2.45) is 0 Å². The fourth-order valence-electron chi connectivity index (χ4n) is 2.43. The van der Waals surface area contributed by atoms with Crippen molar-refractivity contribution in [3.05, 3.63) is 22.5 Å². The van der Waals surface area contributed by atoms with E-state index in [9.17, 15) is 4.39 Å². The number of nitrogens with zero attached hydrogens (tertiary/aromatic N) is 4. The summed E-state index contributed by atoms with van der Waals surface area (Å²) in [4.78, 5) is 14.1. The molecule has 0 saturated carbocycles. The second-order valence-electron chi connectivity index (χ2n) is 4.91. The number of aromatic nitrogens is 3. The summed E-state index contributed by atoms with van der Waals surface area (Å²) in [5.41, 5.74) is 0.0855. The normalized spacial score (nSPS) is 19.8. The number of anilines is 1. The Morgan fingerprint density at radius 2 is 2.19 bits per heavy atom. The van der Waals surface area contributed by atoms with Gasteiger partial charge in [-0.1, -0.05) is 11.6 Å². The lowest BCUT2D eigenvalue weighted by Gasteiger charge is -2.28. The Morgan fingerprint density at radius 1 is 1.38 bits per heavy atom. The van der Waals surface area contributed by atoms with Crippen LogP contribution in [0.5, 0.6) is 0 Å². The fraction of sp³-hybridized carbons (Fsp3) is 0.462. The van der Waals surface area contributed by atoms with Gasteiger partial charge in [0, 0.05) is 19.3 Å². The molecule has 0 amide bonds. The lowest BCUT2D eigenvalue weighted by atomic mass is 10.2. The summed E-state index contributed by atoms with van der Waals surface area (Å²) in [5.74, 6) is -0.121. The van der Waals surface area contributed by atoms with Crippen LogP contribution in [0.25, 0.3) is 10.9 Å². The van der Waals surface area contributed by atoms with E-state index in [2.05, 4.69) is 15.0 Å². The minimum Gasteiger partial charge on any atom is -0.379 e. The van der Waals surface area contributed by atoms with Crippen LogP contribution in [0, 0.1) is 5.82 Å². The molecule has 0 spiro atoms. The van der Waals surface area contributed by atoms with E-state index >= 15 is 0 Å². The van der Waals surface area contributed by atoms with Gasteiger partial charge in [-0.2, -0.15) is 4.98 Å². The van der Waals surface area contributed by atoms with Gasteiger partial charge in [-0.3, -0.25) is 0 Å². The third-order valence-corrected chi connectivity index (χ3v) is 3.88. The maximum atomic E-state index is 14.1. The van der Waals surface area contributed by atoms with Crippen molar-refractivity contribution in [1.82, 2.24) is 15.0 Å². The molecular formula is C13H13Cl2FN4O. The van der Waals surface area contributed by atoms with Crippen LogP contribution in [-0.4, -0.2) is 40.8 Å². The van der Waals surface area contributed by atoms with E-state index in [4.69, 9.17) is 27.9 Å². The van der Waals surface area contributed by atoms with Gasteiger partial charge in [0.05, 0.1) is 18.0 Å². The number of hydrogen-bond donors (Lipinski definition) is 0. The van der Waals surface area contributed by atoms with Gasteiger partial charge >= 0.3 is 0 Å². The van der Waals surface area contributed by atoms with Crippen molar-refractivity contribution in [2.45, 2.75) is 19.4 Å². The van der Waals surface area contributed by atoms with Crippen molar-refractivity contribution in [2.75, 3.05) is 24.7 Å². The van der Waals surface area contributed by atoms with Crippen LogP contribution in [0.15, 0.2) is 6.20 Å². The highest BCUT2D eigenvalue weighted by Gasteiger charge is 2.23. The number of halogens is 3. The van der Waals surface area contributed by atoms with Crippen LogP contribution >= 0.6 is 23.2 Å². The summed E-state index contributed by atoms with van der Waals surface area (Å²) in [5, 5.41) is 0.251. The van der Waals surface area contributed by atoms with E-state index < -0.39 is 5.82 Å². The molecule has 2 aromatic rings. The molecule has 21 heavy (non-hydrogen) atoms. The molecule has 3 rings (SSSR count). The van der Waals surface area contributed by atoms with Crippen molar-refractivity contribution < 1.29 is 9.13 Å². The minimum atomic E-state index is -0.682. The zero-order valence-electron chi connectivity index (χ0n) is 11.3. The summed E-state index contributed by atoms with van der Waals surface area (Å²) < 4.78 is 19.6. The highest BCUT2D eigenvalue weighted by atomic mass is 35.5. The van der Waals surface area contributed by atoms with Crippen LogP contribution < -0.4 is 4.90 Å².